The van der Waals surface area contributed by atoms with Gasteiger partial charge in [0, 0.05) is 30.9 Å². The van der Waals surface area contributed by atoms with Crippen molar-refractivity contribution in [1.82, 2.24) is 0 Å². The van der Waals surface area contributed by atoms with E-state index in [-0.39, 0.29) is 17.4 Å². The van der Waals surface area contributed by atoms with E-state index in [4.69, 9.17) is 4.74 Å². The molecular formula is C17H26N2O2. The second kappa shape index (κ2) is 6.48. The average molecular weight is 290 g/mol. The predicted molar refractivity (Wildman–Crippen MR) is 86.8 cm³/mol. The molecule has 1 unspecified atom stereocenters. The topological polar surface area (TPSA) is 41.6 Å². The van der Waals surface area contributed by atoms with Crippen LogP contribution in [0.5, 0.6) is 0 Å². The Morgan fingerprint density at radius 3 is 2.57 bits per heavy atom. The van der Waals surface area contributed by atoms with Gasteiger partial charge in [0.05, 0.1) is 12.7 Å². The van der Waals surface area contributed by atoms with Crippen LogP contribution in [0, 0.1) is 5.41 Å². The lowest BCUT2D eigenvalue weighted by Gasteiger charge is -2.33. The van der Waals surface area contributed by atoms with Crippen molar-refractivity contribution in [3.8, 4) is 0 Å². The molecule has 1 fully saturated rings. The van der Waals surface area contributed by atoms with Crippen molar-refractivity contribution in [3.63, 3.8) is 0 Å². The fourth-order valence-electron chi connectivity index (χ4n) is 2.50. The number of nitrogens with zero attached hydrogens (tertiary/aromatic N) is 1. The average Bonchev–Trinajstić information content (AvgIpc) is 2.37. The molecule has 1 aliphatic rings. The molecule has 1 atom stereocenters. The fraction of sp³-hybridized carbons (Fsp3) is 0.588. The van der Waals surface area contributed by atoms with Gasteiger partial charge in [0.15, 0.2) is 0 Å². The van der Waals surface area contributed by atoms with Crippen molar-refractivity contribution < 1.29 is 9.53 Å². The number of carbonyl (C=O) groups is 1. The molecule has 1 aliphatic heterocycles. The van der Waals surface area contributed by atoms with E-state index >= 15 is 0 Å². The van der Waals surface area contributed by atoms with E-state index in [0.717, 1.165) is 25.4 Å². The molecule has 2 rings (SSSR count). The first-order chi connectivity index (χ1) is 9.83. The van der Waals surface area contributed by atoms with Gasteiger partial charge in [0.25, 0.3) is 0 Å². The van der Waals surface area contributed by atoms with Crippen LogP contribution in [-0.4, -0.2) is 31.7 Å². The quantitative estimate of drug-likeness (QED) is 0.929. The van der Waals surface area contributed by atoms with Crippen LogP contribution in [-0.2, 0) is 9.53 Å². The van der Waals surface area contributed by atoms with Crippen molar-refractivity contribution in [2.45, 2.75) is 40.2 Å². The number of anilines is 2. The number of rotatable bonds is 3. The summed E-state index contributed by atoms with van der Waals surface area (Å²) < 4.78 is 5.55. The molecule has 0 radical (unpaired) electrons. The highest BCUT2D eigenvalue weighted by molar-refractivity contribution is 5.91. The van der Waals surface area contributed by atoms with Crippen molar-refractivity contribution in [2.24, 2.45) is 5.41 Å². The number of hydrogen-bond acceptors (Lipinski definition) is 3. The molecule has 0 aliphatic carbocycles. The molecule has 1 aromatic carbocycles. The number of benzene rings is 1. The fourth-order valence-corrected chi connectivity index (χ4v) is 2.50. The summed E-state index contributed by atoms with van der Waals surface area (Å²) in [6, 6.07) is 8.06. The van der Waals surface area contributed by atoms with Crippen LogP contribution in [0.3, 0.4) is 0 Å². The summed E-state index contributed by atoms with van der Waals surface area (Å²) in [5.41, 5.74) is 2.04. The molecule has 1 saturated heterocycles. The maximum Gasteiger partial charge on any atom is 0.224 e. The molecule has 4 heteroatoms. The summed E-state index contributed by atoms with van der Waals surface area (Å²) >= 11 is 0. The Labute approximate surface area is 127 Å². The van der Waals surface area contributed by atoms with Gasteiger partial charge >= 0.3 is 0 Å². The zero-order valence-corrected chi connectivity index (χ0v) is 13.5. The van der Waals surface area contributed by atoms with E-state index in [2.05, 4.69) is 50.0 Å². The first-order valence-electron chi connectivity index (χ1n) is 7.60. The second-order valence-corrected chi connectivity index (χ2v) is 6.96. The lowest BCUT2D eigenvalue weighted by atomic mass is 9.92. The number of nitrogens with one attached hydrogen (secondary N) is 1. The molecule has 1 amide bonds. The number of ether oxygens (including phenoxy) is 1. The third-order valence-electron chi connectivity index (χ3n) is 3.45. The molecule has 4 nitrogen and oxygen atoms in total. The van der Waals surface area contributed by atoms with E-state index in [9.17, 15) is 4.79 Å². The lowest BCUT2D eigenvalue weighted by molar-refractivity contribution is -0.117. The Bertz CT molecular complexity index is 477. The van der Waals surface area contributed by atoms with Crippen molar-refractivity contribution >= 4 is 17.3 Å². The molecule has 0 saturated carbocycles. The number of morpholine rings is 1. The molecule has 116 valence electrons. The Morgan fingerprint density at radius 2 is 2.00 bits per heavy atom. The van der Waals surface area contributed by atoms with Crippen molar-refractivity contribution in [1.29, 1.82) is 0 Å². The minimum Gasteiger partial charge on any atom is -0.375 e. The van der Waals surface area contributed by atoms with Gasteiger partial charge in [0.1, 0.15) is 0 Å². The van der Waals surface area contributed by atoms with Gasteiger partial charge in [-0.25, -0.2) is 0 Å². The summed E-state index contributed by atoms with van der Waals surface area (Å²) in [5, 5.41) is 2.96. The Hall–Kier alpha value is -1.55. The zero-order chi connectivity index (χ0) is 15.5. The molecule has 21 heavy (non-hydrogen) atoms. The highest BCUT2D eigenvalue weighted by Gasteiger charge is 2.18. The largest absolute Gasteiger partial charge is 0.375 e. The van der Waals surface area contributed by atoms with Gasteiger partial charge in [-0.15, -0.1) is 0 Å². The van der Waals surface area contributed by atoms with Crippen LogP contribution in [0.1, 0.15) is 34.1 Å². The predicted octanol–water partition coefficient (Wildman–Crippen LogP) is 3.29. The minimum absolute atomic E-state index is 0.00790. The molecule has 1 heterocycles. The molecule has 1 N–H and O–H groups in total. The lowest BCUT2D eigenvalue weighted by Crippen LogP contribution is -2.41. The Morgan fingerprint density at radius 1 is 1.33 bits per heavy atom. The van der Waals surface area contributed by atoms with E-state index in [0.29, 0.717) is 6.42 Å². The molecule has 1 aromatic rings. The molecule has 0 aromatic heterocycles. The van der Waals surface area contributed by atoms with Gasteiger partial charge in [0.2, 0.25) is 5.91 Å². The van der Waals surface area contributed by atoms with Crippen molar-refractivity contribution in [2.75, 3.05) is 29.9 Å². The first kappa shape index (κ1) is 15.8. The highest BCUT2D eigenvalue weighted by Crippen LogP contribution is 2.22. The summed E-state index contributed by atoms with van der Waals surface area (Å²) in [6.07, 6.45) is 0.792. The summed E-state index contributed by atoms with van der Waals surface area (Å²) in [6.45, 7) is 10.9. The van der Waals surface area contributed by atoms with Crippen LogP contribution in [0.15, 0.2) is 24.3 Å². The number of amides is 1. The first-order valence-corrected chi connectivity index (χ1v) is 7.60. The highest BCUT2D eigenvalue weighted by atomic mass is 16.5. The molecule has 0 spiro atoms. The SMILES string of the molecule is CC1CN(c2ccc(NC(=O)CC(C)(C)C)cc2)CCO1. The van der Waals surface area contributed by atoms with Crippen LogP contribution in [0.25, 0.3) is 0 Å². The smallest absolute Gasteiger partial charge is 0.224 e. The second-order valence-electron chi connectivity index (χ2n) is 6.96. The summed E-state index contributed by atoms with van der Waals surface area (Å²) in [7, 11) is 0. The van der Waals surface area contributed by atoms with Crippen LogP contribution < -0.4 is 10.2 Å². The van der Waals surface area contributed by atoms with Crippen molar-refractivity contribution in [3.05, 3.63) is 24.3 Å². The zero-order valence-electron chi connectivity index (χ0n) is 13.5. The van der Waals surface area contributed by atoms with Crippen LogP contribution in [0.2, 0.25) is 0 Å². The standard InChI is InChI=1S/C17H26N2O2/c1-13-12-19(9-10-21-13)15-7-5-14(6-8-15)18-16(20)11-17(2,3)4/h5-8,13H,9-12H2,1-4H3,(H,18,20). The monoisotopic (exact) mass is 290 g/mol. The third-order valence-corrected chi connectivity index (χ3v) is 3.45. The van der Waals surface area contributed by atoms with Crippen LogP contribution >= 0.6 is 0 Å². The Kier molecular flexibility index (Phi) is 4.88. The van der Waals surface area contributed by atoms with Gasteiger partial charge in [-0.1, -0.05) is 20.8 Å². The van der Waals surface area contributed by atoms with Gasteiger partial charge < -0.3 is 15.0 Å². The van der Waals surface area contributed by atoms with E-state index in [1.807, 2.05) is 12.1 Å². The van der Waals surface area contributed by atoms with E-state index < -0.39 is 0 Å². The maximum absolute atomic E-state index is 11.9. The maximum atomic E-state index is 11.9. The normalized spacial score (nSPS) is 19.4. The van der Waals surface area contributed by atoms with Gasteiger partial charge in [-0.3, -0.25) is 4.79 Å². The van der Waals surface area contributed by atoms with Gasteiger partial charge in [-0.2, -0.15) is 0 Å². The summed E-state index contributed by atoms with van der Waals surface area (Å²) in [5.74, 6) is 0.0650. The third kappa shape index (κ3) is 5.05. The molecular weight excluding hydrogens is 264 g/mol. The number of hydrogen-bond donors (Lipinski definition) is 1. The van der Waals surface area contributed by atoms with Gasteiger partial charge in [-0.05, 0) is 36.6 Å². The number of carbonyl (C=O) groups excluding carboxylic acids is 1. The van der Waals surface area contributed by atoms with E-state index in [1.165, 1.54) is 5.69 Å². The van der Waals surface area contributed by atoms with Crippen LogP contribution in [0.4, 0.5) is 11.4 Å². The minimum atomic E-state index is 0.00790. The van der Waals surface area contributed by atoms with E-state index in [1.54, 1.807) is 0 Å². The summed E-state index contributed by atoms with van der Waals surface area (Å²) in [4.78, 5) is 14.2. The molecule has 0 bridgehead atoms. The Balaban J connectivity index is 1.94.